The molecule has 0 aliphatic carbocycles. The normalized spacial score (nSPS) is 19.7. The number of alkyl halides is 2. The summed E-state index contributed by atoms with van der Waals surface area (Å²) in [4.78, 5) is 36.4. The molecule has 16 nitrogen and oxygen atoms in total. The molecule has 312 valence electrons. The van der Waals surface area contributed by atoms with Gasteiger partial charge in [-0.15, -0.1) is 0 Å². The van der Waals surface area contributed by atoms with Gasteiger partial charge < -0.3 is 19.7 Å². The number of amides is 3. The van der Waals surface area contributed by atoms with E-state index in [1.165, 1.54) is 20.8 Å². The maximum atomic E-state index is 13.9. The van der Waals surface area contributed by atoms with Gasteiger partial charge in [-0.1, -0.05) is 6.07 Å². The molecule has 0 saturated carbocycles. The van der Waals surface area contributed by atoms with Crippen LogP contribution >= 0.6 is 0 Å². The monoisotopic (exact) mass is 832 g/mol. The lowest BCUT2D eigenvalue weighted by Gasteiger charge is -2.39. The van der Waals surface area contributed by atoms with Crippen LogP contribution in [0.1, 0.15) is 54.7 Å². The maximum Gasteiger partial charge on any atom is 0.387 e. The Morgan fingerprint density at radius 3 is 2.42 bits per heavy atom. The number of piperidine rings is 2. The molecule has 1 atom stereocenters. The molecule has 8 rings (SSSR count). The number of nitriles is 1. The molecule has 1 unspecified atom stereocenters. The zero-order valence-electron chi connectivity index (χ0n) is 32.6. The van der Waals surface area contributed by atoms with Crippen LogP contribution in [0.25, 0.3) is 10.9 Å². The molecule has 2 aromatic heterocycles. The number of benzene rings is 2. The second-order valence-corrected chi connectivity index (χ2v) is 17.6. The van der Waals surface area contributed by atoms with E-state index in [4.69, 9.17) is 4.74 Å². The fourth-order valence-electron chi connectivity index (χ4n) is 8.58. The first-order valence-electron chi connectivity index (χ1n) is 19.9. The number of ether oxygens (including phenoxy) is 2. The van der Waals surface area contributed by atoms with Crippen molar-refractivity contribution in [2.24, 2.45) is 18.9 Å². The Labute approximate surface area is 340 Å². The Hall–Kier alpha value is -5.29. The average Bonchev–Trinajstić information content (AvgIpc) is 3.53. The third-order valence-corrected chi connectivity index (χ3v) is 13.9. The van der Waals surface area contributed by atoms with E-state index in [1.807, 2.05) is 13.1 Å². The van der Waals surface area contributed by atoms with Crippen LogP contribution in [0, 0.1) is 23.2 Å². The summed E-state index contributed by atoms with van der Waals surface area (Å²) in [6.07, 6.45) is 5.99. The molecule has 4 aromatic rings. The number of aromatic nitrogens is 4. The van der Waals surface area contributed by atoms with Crippen LogP contribution in [0.5, 0.6) is 5.75 Å². The fraction of sp³-hybridized carbons (Fsp3) is 0.500. The highest BCUT2D eigenvalue weighted by atomic mass is 32.2. The minimum atomic E-state index is -3.85. The van der Waals surface area contributed by atoms with Gasteiger partial charge in [0, 0.05) is 57.0 Å². The Balaban J connectivity index is 0.890. The van der Waals surface area contributed by atoms with Gasteiger partial charge in [-0.25, -0.2) is 23.2 Å². The van der Waals surface area contributed by atoms with Crippen molar-refractivity contribution < 1.29 is 36.3 Å². The number of hydrogen-bond donors (Lipinski definition) is 2. The van der Waals surface area contributed by atoms with E-state index in [1.54, 1.807) is 16.8 Å². The molecule has 2 aromatic carbocycles. The van der Waals surface area contributed by atoms with Crippen LogP contribution in [-0.4, -0.2) is 114 Å². The molecule has 3 amide bonds. The minimum Gasteiger partial charge on any atom is -0.432 e. The summed E-state index contributed by atoms with van der Waals surface area (Å²) in [6.45, 7) is 1.68. The first kappa shape index (κ1) is 40.5. The quantitative estimate of drug-likeness (QED) is 0.196. The van der Waals surface area contributed by atoms with Crippen LogP contribution in [0.2, 0.25) is 0 Å². The van der Waals surface area contributed by atoms with Crippen LogP contribution in [0.4, 0.5) is 25.3 Å². The molecule has 0 spiro atoms. The zero-order chi connectivity index (χ0) is 41.3. The standard InChI is InChI=1S/C40H46F2N10O6S/c1-49-35-18-26(3-5-34(35)37(48-49)52-15-10-36(53)47-40(52)54)25-6-11-50(12-7-25)22-29(30-23-57-24-30)16-28-17-33(4-2-27(28)19-43)59(55,56)51-13-8-31(9-14-51)46-39-44-20-32(21-45-39)58-38(41)42/h2-5,17-18,20-21,25,29-31,38H,6-16,22-24H2,1H3,(H,44,45,46)(H,47,53,54). The molecule has 0 bridgehead atoms. The lowest BCUT2D eigenvalue weighted by molar-refractivity contribution is -0.120. The highest BCUT2D eigenvalue weighted by Gasteiger charge is 2.35. The predicted molar refractivity (Wildman–Crippen MR) is 211 cm³/mol. The van der Waals surface area contributed by atoms with Crippen LogP contribution in [-0.2, 0) is 33.0 Å². The summed E-state index contributed by atoms with van der Waals surface area (Å²) in [6, 6.07) is 12.8. The smallest absolute Gasteiger partial charge is 0.387 e. The van der Waals surface area contributed by atoms with Gasteiger partial charge in [0.2, 0.25) is 21.9 Å². The number of rotatable bonds is 13. The Morgan fingerprint density at radius 2 is 1.76 bits per heavy atom. The third-order valence-electron chi connectivity index (χ3n) is 12.0. The van der Waals surface area contributed by atoms with Crippen molar-refractivity contribution in [3.63, 3.8) is 0 Å². The molecule has 4 saturated heterocycles. The number of nitrogens with one attached hydrogen (secondary N) is 2. The average molecular weight is 833 g/mol. The molecule has 4 aliphatic rings. The van der Waals surface area contributed by atoms with Crippen molar-refractivity contribution in [3.8, 4) is 11.8 Å². The van der Waals surface area contributed by atoms with Crippen molar-refractivity contribution in [1.82, 2.24) is 34.3 Å². The number of likely N-dealkylation sites (tertiary alicyclic amines) is 1. The molecular formula is C40H46F2N10O6S. The topological polar surface area (TPSA) is 188 Å². The second-order valence-electron chi connectivity index (χ2n) is 15.7. The van der Waals surface area contributed by atoms with Gasteiger partial charge in [-0.2, -0.15) is 23.4 Å². The molecule has 4 aliphatic heterocycles. The van der Waals surface area contributed by atoms with Gasteiger partial charge >= 0.3 is 12.6 Å². The lowest BCUT2D eigenvalue weighted by Crippen LogP contribution is -2.49. The van der Waals surface area contributed by atoms with Crippen molar-refractivity contribution in [2.45, 2.75) is 62.0 Å². The summed E-state index contributed by atoms with van der Waals surface area (Å²) in [5, 5.41) is 21.1. The van der Waals surface area contributed by atoms with Gasteiger partial charge in [-0.3, -0.25) is 19.7 Å². The summed E-state index contributed by atoms with van der Waals surface area (Å²) in [5.74, 6) is 1.15. The van der Waals surface area contributed by atoms with E-state index in [9.17, 15) is 32.0 Å². The minimum absolute atomic E-state index is 0.112. The van der Waals surface area contributed by atoms with E-state index in [-0.39, 0.29) is 60.5 Å². The van der Waals surface area contributed by atoms with Crippen LogP contribution < -0.4 is 20.3 Å². The number of carbonyl (C=O) groups is 2. The first-order valence-corrected chi connectivity index (χ1v) is 21.3. The van der Waals surface area contributed by atoms with E-state index in [0.717, 1.165) is 55.8 Å². The number of nitrogens with zero attached hydrogens (tertiary/aromatic N) is 8. The van der Waals surface area contributed by atoms with Crippen molar-refractivity contribution in [2.75, 3.05) is 62.7 Å². The Morgan fingerprint density at radius 1 is 1.02 bits per heavy atom. The van der Waals surface area contributed by atoms with Gasteiger partial charge in [0.25, 0.3) is 0 Å². The van der Waals surface area contributed by atoms with E-state index in [0.29, 0.717) is 61.3 Å². The van der Waals surface area contributed by atoms with Crippen molar-refractivity contribution in [1.29, 1.82) is 5.26 Å². The number of hydrogen-bond acceptors (Lipinski definition) is 12. The van der Waals surface area contributed by atoms with Crippen molar-refractivity contribution >= 4 is 44.6 Å². The molecule has 59 heavy (non-hydrogen) atoms. The third kappa shape index (κ3) is 8.86. The number of sulfonamides is 1. The second kappa shape index (κ2) is 17.1. The summed E-state index contributed by atoms with van der Waals surface area (Å²) in [7, 11) is -1.99. The summed E-state index contributed by atoms with van der Waals surface area (Å²) in [5.41, 5.74) is 3.32. The van der Waals surface area contributed by atoms with Gasteiger partial charge in [-0.05, 0) is 98.5 Å². The lowest BCUT2D eigenvalue weighted by atomic mass is 9.83. The number of urea groups is 1. The van der Waals surface area contributed by atoms with E-state index < -0.39 is 22.7 Å². The molecule has 2 N–H and O–H groups in total. The number of aryl methyl sites for hydroxylation is 1. The van der Waals surface area contributed by atoms with Gasteiger partial charge in [0.05, 0.1) is 47.7 Å². The SMILES string of the molecule is Cn1nc(N2CCC(=O)NC2=O)c2ccc(C3CCN(CC(Cc4cc(S(=O)(=O)N5CCC(Nc6ncc(OC(F)F)cn6)CC5)ccc4C#N)C4COC4)CC3)cc21. The molecule has 4 fully saturated rings. The largest absolute Gasteiger partial charge is 0.432 e. The molecule has 6 heterocycles. The van der Waals surface area contributed by atoms with Gasteiger partial charge in [0.15, 0.2) is 11.6 Å². The Bertz CT molecular complexity index is 2340. The Kier molecular flexibility index (Phi) is 11.8. The molecule has 0 radical (unpaired) electrons. The van der Waals surface area contributed by atoms with E-state index >= 15 is 0 Å². The highest BCUT2D eigenvalue weighted by Crippen LogP contribution is 2.35. The zero-order valence-corrected chi connectivity index (χ0v) is 33.4. The number of anilines is 2. The van der Waals surface area contributed by atoms with Gasteiger partial charge in [0.1, 0.15) is 0 Å². The fourth-order valence-corrected chi connectivity index (χ4v) is 10.1. The molecule has 19 heteroatoms. The number of fused-ring (bicyclic) bond motifs is 1. The predicted octanol–water partition coefficient (Wildman–Crippen LogP) is 4.23. The molecular weight excluding hydrogens is 787 g/mol. The number of imide groups is 1. The first-order chi connectivity index (χ1) is 28.4. The van der Waals surface area contributed by atoms with Crippen molar-refractivity contribution in [3.05, 3.63) is 65.5 Å². The number of carbonyl (C=O) groups excluding carboxylic acids is 2. The summed E-state index contributed by atoms with van der Waals surface area (Å²) < 4.78 is 65.9. The number of halogens is 2. The summed E-state index contributed by atoms with van der Waals surface area (Å²) >= 11 is 0. The van der Waals surface area contributed by atoms with Crippen LogP contribution in [0.15, 0.2) is 53.7 Å². The maximum absolute atomic E-state index is 13.9. The highest BCUT2D eigenvalue weighted by molar-refractivity contribution is 7.89. The van der Waals surface area contributed by atoms with Crippen LogP contribution in [0.3, 0.4) is 0 Å². The van der Waals surface area contributed by atoms with E-state index in [2.05, 4.69) is 53.5 Å².